The van der Waals surface area contributed by atoms with Crippen molar-refractivity contribution < 1.29 is 9.90 Å². The minimum absolute atomic E-state index is 0. The summed E-state index contributed by atoms with van der Waals surface area (Å²) in [6.07, 6.45) is 4.45. The third-order valence-corrected chi connectivity index (χ3v) is 1.99. The van der Waals surface area contributed by atoms with E-state index in [0.29, 0.717) is 6.42 Å². The second-order valence-corrected chi connectivity index (χ2v) is 3.41. The van der Waals surface area contributed by atoms with Crippen molar-refractivity contribution in [1.82, 2.24) is 0 Å². The summed E-state index contributed by atoms with van der Waals surface area (Å²) in [6, 6.07) is 9.53. The van der Waals surface area contributed by atoms with Gasteiger partial charge in [-0.1, -0.05) is 42.5 Å². The molecule has 16 heavy (non-hydrogen) atoms. The average Bonchev–Trinajstić information content (AvgIpc) is 2.18. The molecule has 3 nitrogen and oxygen atoms in total. The maximum atomic E-state index is 10.3. The monoisotopic (exact) mass is 241 g/mol. The van der Waals surface area contributed by atoms with Crippen LogP contribution in [-0.4, -0.2) is 17.1 Å². The summed E-state index contributed by atoms with van der Waals surface area (Å²) in [5, 5.41) is 8.50. The summed E-state index contributed by atoms with van der Waals surface area (Å²) < 4.78 is 0. The van der Waals surface area contributed by atoms with E-state index in [2.05, 4.69) is 0 Å². The molecule has 0 unspecified atom stereocenters. The Morgan fingerprint density at radius 1 is 1.38 bits per heavy atom. The zero-order valence-corrected chi connectivity index (χ0v) is 9.69. The molecule has 0 bridgehead atoms. The zero-order valence-electron chi connectivity index (χ0n) is 8.87. The maximum absolute atomic E-state index is 10.3. The molecule has 1 aromatic rings. The van der Waals surface area contributed by atoms with E-state index >= 15 is 0 Å². The van der Waals surface area contributed by atoms with Gasteiger partial charge in [0.25, 0.3) is 0 Å². The van der Waals surface area contributed by atoms with Gasteiger partial charge in [-0.05, 0) is 12.0 Å². The summed E-state index contributed by atoms with van der Waals surface area (Å²) in [7, 11) is 0. The Morgan fingerprint density at radius 3 is 2.56 bits per heavy atom. The number of halogens is 1. The van der Waals surface area contributed by atoms with Gasteiger partial charge in [-0.3, -0.25) is 4.79 Å². The first-order valence-corrected chi connectivity index (χ1v) is 4.87. The average molecular weight is 242 g/mol. The molecule has 1 aromatic carbocycles. The lowest BCUT2D eigenvalue weighted by Gasteiger charge is -2.03. The van der Waals surface area contributed by atoms with Crippen LogP contribution in [0.5, 0.6) is 0 Å². The van der Waals surface area contributed by atoms with Crippen LogP contribution in [0.4, 0.5) is 0 Å². The van der Waals surface area contributed by atoms with Crippen LogP contribution < -0.4 is 5.73 Å². The lowest BCUT2D eigenvalue weighted by molar-refractivity contribution is -0.137. The van der Waals surface area contributed by atoms with Gasteiger partial charge in [0.15, 0.2) is 0 Å². The number of rotatable bonds is 5. The van der Waals surface area contributed by atoms with E-state index in [0.717, 1.165) is 5.56 Å². The number of carbonyl (C=O) groups is 1. The van der Waals surface area contributed by atoms with Crippen molar-refractivity contribution in [3.63, 3.8) is 0 Å². The maximum Gasteiger partial charge on any atom is 0.304 e. The normalized spacial score (nSPS) is 12.1. The van der Waals surface area contributed by atoms with Crippen LogP contribution in [0.3, 0.4) is 0 Å². The molecule has 0 saturated carbocycles. The van der Waals surface area contributed by atoms with Crippen molar-refractivity contribution in [2.24, 2.45) is 5.73 Å². The smallest absolute Gasteiger partial charge is 0.304 e. The minimum Gasteiger partial charge on any atom is -0.481 e. The minimum atomic E-state index is -0.851. The zero-order chi connectivity index (χ0) is 11.1. The van der Waals surface area contributed by atoms with Crippen molar-refractivity contribution in [2.45, 2.75) is 18.9 Å². The van der Waals surface area contributed by atoms with Crippen LogP contribution >= 0.6 is 12.4 Å². The molecule has 0 aromatic heterocycles. The summed E-state index contributed by atoms with van der Waals surface area (Å²) in [4.78, 5) is 10.3. The molecular weight excluding hydrogens is 226 g/mol. The van der Waals surface area contributed by atoms with Gasteiger partial charge in [-0.2, -0.15) is 0 Å². The molecule has 0 heterocycles. The first kappa shape index (κ1) is 14.7. The topological polar surface area (TPSA) is 63.3 Å². The van der Waals surface area contributed by atoms with Gasteiger partial charge in [0.2, 0.25) is 0 Å². The van der Waals surface area contributed by atoms with E-state index in [1.165, 1.54) is 0 Å². The third kappa shape index (κ3) is 6.22. The first-order chi connectivity index (χ1) is 7.18. The summed E-state index contributed by atoms with van der Waals surface area (Å²) in [5.41, 5.74) is 6.70. The lowest BCUT2D eigenvalue weighted by atomic mass is 10.1. The van der Waals surface area contributed by atoms with E-state index < -0.39 is 5.97 Å². The largest absolute Gasteiger partial charge is 0.481 e. The molecule has 0 saturated heterocycles. The molecule has 1 atom stereocenters. The van der Waals surface area contributed by atoms with Gasteiger partial charge in [-0.15, -0.1) is 12.4 Å². The van der Waals surface area contributed by atoms with Crippen molar-refractivity contribution in [2.75, 3.05) is 0 Å². The fourth-order valence-corrected chi connectivity index (χ4v) is 1.25. The molecule has 0 amide bonds. The SMILES string of the molecule is Cl.N[C@H](C/C=C/c1ccccc1)CC(=O)O. The number of carboxylic acids is 1. The van der Waals surface area contributed by atoms with Crippen molar-refractivity contribution >= 4 is 24.5 Å². The summed E-state index contributed by atoms with van der Waals surface area (Å²) >= 11 is 0. The van der Waals surface area contributed by atoms with Crippen LogP contribution in [-0.2, 0) is 4.79 Å². The van der Waals surface area contributed by atoms with Crippen molar-refractivity contribution in [3.05, 3.63) is 42.0 Å². The van der Waals surface area contributed by atoms with E-state index in [9.17, 15) is 4.79 Å². The van der Waals surface area contributed by atoms with Gasteiger partial charge < -0.3 is 10.8 Å². The Labute approximate surface area is 101 Å². The van der Waals surface area contributed by atoms with Gasteiger partial charge in [0, 0.05) is 6.04 Å². The number of nitrogens with two attached hydrogens (primary N) is 1. The highest BCUT2D eigenvalue weighted by atomic mass is 35.5. The van der Waals surface area contributed by atoms with Crippen LogP contribution in [0.25, 0.3) is 6.08 Å². The number of benzene rings is 1. The first-order valence-electron chi connectivity index (χ1n) is 4.87. The van der Waals surface area contributed by atoms with E-state index in [-0.39, 0.29) is 24.9 Å². The highest BCUT2D eigenvalue weighted by Gasteiger charge is 2.04. The highest BCUT2D eigenvalue weighted by Crippen LogP contribution is 2.03. The lowest BCUT2D eigenvalue weighted by Crippen LogP contribution is -2.22. The predicted molar refractivity (Wildman–Crippen MR) is 67.6 cm³/mol. The second kappa shape index (κ2) is 7.91. The number of carboxylic acid groups (broad SMARTS) is 1. The van der Waals surface area contributed by atoms with E-state index in [4.69, 9.17) is 10.8 Å². The van der Waals surface area contributed by atoms with Crippen LogP contribution in [0.2, 0.25) is 0 Å². The Kier molecular flexibility index (Phi) is 7.25. The molecular formula is C12H16ClNO2. The Morgan fingerprint density at radius 2 is 2.00 bits per heavy atom. The highest BCUT2D eigenvalue weighted by molar-refractivity contribution is 5.85. The third-order valence-electron chi connectivity index (χ3n) is 1.99. The number of hydrogen-bond donors (Lipinski definition) is 2. The fraction of sp³-hybridized carbons (Fsp3) is 0.250. The molecule has 4 heteroatoms. The van der Waals surface area contributed by atoms with Crippen LogP contribution in [0, 0.1) is 0 Å². The Bertz CT molecular complexity index is 338. The van der Waals surface area contributed by atoms with Gasteiger partial charge in [-0.25, -0.2) is 0 Å². The standard InChI is InChI=1S/C12H15NO2.ClH/c13-11(9-12(14)15)8-4-7-10-5-2-1-3-6-10;/h1-7,11H,8-9,13H2,(H,14,15);1H/b7-4+;/t11-;/m1./s1. The number of hydrogen-bond acceptors (Lipinski definition) is 2. The van der Waals surface area contributed by atoms with Gasteiger partial charge in [0.1, 0.15) is 0 Å². The van der Waals surface area contributed by atoms with Gasteiger partial charge in [0.05, 0.1) is 6.42 Å². The molecule has 88 valence electrons. The van der Waals surface area contributed by atoms with Crippen LogP contribution in [0.15, 0.2) is 36.4 Å². The quantitative estimate of drug-likeness (QED) is 0.832. The second-order valence-electron chi connectivity index (χ2n) is 3.41. The molecule has 0 radical (unpaired) electrons. The molecule has 0 fully saturated rings. The molecule has 0 spiro atoms. The van der Waals surface area contributed by atoms with Crippen molar-refractivity contribution in [3.8, 4) is 0 Å². The van der Waals surface area contributed by atoms with E-state index in [1.807, 2.05) is 42.5 Å². The molecule has 0 aliphatic heterocycles. The summed E-state index contributed by atoms with van der Waals surface area (Å²) in [5.74, 6) is -0.851. The molecule has 0 aliphatic carbocycles. The van der Waals surface area contributed by atoms with Crippen molar-refractivity contribution in [1.29, 1.82) is 0 Å². The van der Waals surface area contributed by atoms with Crippen LogP contribution in [0.1, 0.15) is 18.4 Å². The molecule has 3 N–H and O–H groups in total. The predicted octanol–water partition coefficient (Wildman–Crippen LogP) is 2.31. The van der Waals surface area contributed by atoms with E-state index in [1.54, 1.807) is 0 Å². The fourth-order valence-electron chi connectivity index (χ4n) is 1.25. The summed E-state index contributed by atoms with van der Waals surface area (Å²) in [6.45, 7) is 0. The van der Waals surface area contributed by atoms with Gasteiger partial charge >= 0.3 is 5.97 Å². The molecule has 1 rings (SSSR count). The molecule has 0 aliphatic rings. The number of aliphatic carboxylic acids is 1. The Balaban J connectivity index is 0.00000225. The Hall–Kier alpha value is -1.32.